The molecular formula is C18H23F2N3O2. The molecule has 0 aliphatic carbocycles. The largest absolute Gasteiger partial charge is 0.343 e. The van der Waals surface area contributed by atoms with E-state index >= 15 is 0 Å². The van der Waals surface area contributed by atoms with Crippen LogP contribution >= 0.6 is 0 Å². The Balaban J connectivity index is 1.96. The molecule has 0 saturated carbocycles. The van der Waals surface area contributed by atoms with Crippen LogP contribution < -0.4 is 10.6 Å². The van der Waals surface area contributed by atoms with Crippen LogP contribution in [-0.4, -0.2) is 36.0 Å². The van der Waals surface area contributed by atoms with Gasteiger partial charge >= 0.3 is 6.03 Å². The molecule has 1 aliphatic rings. The summed E-state index contributed by atoms with van der Waals surface area (Å²) >= 11 is 0. The molecule has 1 aromatic rings. The van der Waals surface area contributed by atoms with Crippen LogP contribution in [-0.2, 0) is 4.79 Å². The molecule has 1 fully saturated rings. The molecule has 2 rings (SSSR count). The van der Waals surface area contributed by atoms with E-state index < -0.39 is 23.7 Å². The normalized spacial score (nSPS) is 16.2. The highest BCUT2D eigenvalue weighted by atomic mass is 19.2. The number of nitrogens with zero attached hydrogens (tertiary/aromatic N) is 1. The summed E-state index contributed by atoms with van der Waals surface area (Å²) in [4.78, 5) is 25.3. The minimum atomic E-state index is -0.970. The number of likely N-dealkylation sites (tertiary alicyclic amines) is 1. The average molecular weight is 351 g/mol. The van der Waals surface area contributed by atoms with Crippen LogP contribution in [0, 0.1) is 11.6 Å². The van der Waals surface area contributed by atoms with Gasteiger partial charge in [-0.3, -0.25) is 4.79 Å². The fourth-order valence-corrected chi connectivity index (χ4v) is 2.88. The molecular weight excluding hydrogens is 328 g/mol. The number of hydrogen-bond acceptors (Lipinski definition) is 2. The molecule has 5 nitrogen and oxygen atoms in total. The van der Waals surface area contributed by atoms with E-state index in [1.165, 1.54) is 13.0 Å². The summed E-state index contributed by atoms with van der Waals surface area (Å²) in [6.45, 7) is 8.25. The van der Waals surface area contributed by atoms with Crippen LogP contribution in [0.15, 0.2) is 30.4 Å². The molecule has 0 spiro atoms. The number of rotatable bonds is 4. The van der Waals surface area contributed by atoms with Gasteiger partial charge in [-0.25, -0.2) is 13.6 Å². The molecule has 7 heteroatoms. The summed E-state index contributed by atoms with van der Waals surface area (Å²) in [6, 6.07) is 2.44. The van der Waals surface area contributed by atoms with Crippen molar-refractivity contribution in [1.29, 1.82) is 0 Å². The van der Waals surface area contributed by atoms with Crippen molar-refractivity contribution in [1.82, 2.24) is 15.5 Å². The molecule has 1 heterocycles. The van der Waals surface area contributed by atoms with Crippen molar-refractivity contribution in [2.75, 3.05) is 13.1 Å². The number of amides is 3. The Hall–Kier alpha value is -2.44. The fourth-order valence-electron chi connectivity index (χ4n) is 2.88. The van der Waals surface area contributed by atoms with Crippen molar-refractivity contribution in [3.05, 3.63) is 47.5 Å². The van der Waals surface area contributed by atoms with Crippen molar-refractivity contribution >= 4 is 11.9 Å². The number of carbonyl (C=O) groups excluding carboxylic acids is 2. The quantitative estimate of drug-likeness (QED) is 0.820. The van der Waals surface area contributed by atoms with Crippen LogP contribution in [0.1, 0.15) is 38.3 Å². The Morgan fingerprint density at radius 1 is 1.20 bits per heavy atom. The lowest BCUT2D eigenvalue weighted by Gasteiger charge is -2.32. The van der Waals surface area contributed by atoms with Gasteiger partial charge in [-0.15, -0.1) is 0 Å². The Bertz CT molecular complexity index is 670. The predicted octanol–water partition coefficient (Wildman–Crippen LogP) is 2.89. The lowest BCUT2D eigenvalue weighted by atomic mass is 10.0. The maximum atomic E-state index is 13.4. The average Bonchev–Trinajstić information content (AvgIpc) is 2.55. The fraction of sp³-hybridized carbons (Fsp3) is 0.444. The van der Waals surface area contributed by atoms with Gasteiger partial charge < -0.3 is 15.5 Å². The van der Waals surface area contributed by atoms with E-state index in [-0.39, 0.29) is 11.9 Å². The number of hydrogen-bond donors (Lipinski definition) is 2. The van der Waals surface area contributed by atoms with Crippen LogP contribution in [0.2, 0.25) is 0 Å². The second-order valence-corrected chi connectivity index (χ2v) is 6.35. The third-order valence-electron chi connectivity index (χ3n) is 4.32. The molecule has 1 aliphatic heterocycles. The zero-order valence-corrected chi connectivity index (χ0v) is 14.4. The zero-order valence-electron chi connectivity index (χ0n) is 14.4. The van der Waals surface area contributed by atoms with Crippen molar-refractivity contribution in [2.45, 2.75) is 38.8 Å². The molecule has 1 saturated heterocycles. The van der Waals surface area contributed by atoms with Crippen LogP contribution in [0.4, 0.5) is 13.6 Å². The summed E-state index contributed by atoms with van der Waals surface area (Å²) < 4.78 is 26.5. The Kier molecular flexibility index (Phi) is 6.12. The van der Waals surface area contributed by atoms with Gasteiger partial charge in [-0.05, 0) is 37.5 Å². The predicted molar refractivity (Wildman–Crippen MR) is 90.9 cm³/mol. The Morgan fingerprint density at radius 2 is 1.84 bits per heavy atom. The van der Waals surface area contributed by atoms with Crippen LogP contribution in [0.3, 0.4) is 0 Å². The zero-order chi connectivity index (χ0) is 18.6. The highest BCUT2D eigenvalue weighted by molar-refractivity contribution is 5.75. The van der Waals surface area contributed by atoms with E-state index in [1.54, 1.807) is 11.8 Å². The molecule has 1 aromatic carbocycles. The third-order valence-corrected chi connectivity index (χ3v) is 4.32. The van der Waals surface area contributed by atoms with Gasteiger partial charge in [0.15, 0.2) is 11.6 Å². The van der Waals surface area contributed by atoms with E-state index in [4.69, 9.17) is 0 Å². The third kappa shape index (κ3) is 5.01. The molecule has 0 radical (unpaired) electrons. The topological polar surface area (TPSA) is 61.4 Å². The van der Waals surface area contributed by atoms with Crippen molar-refractivity contribution in [3.8, 4) is 0 Å². The Morgan fingerprint density at radius 3 is 2.36 bits per heavy atom. The second-order valence-electron chi connectivity index (χ2n) is 6.35. The number of halogens is 2. The monoisotopic (exact) mass is 351 g/mol. The van der Waals surface area contributed by atoms with Crippen molar-refractivity contribution < 1.29 is 18.4 Å². The summed E-state index contributed by atoms with van der Waals surface area (Å²) in [5.41, 5.74) is 1.03. The van der Waals surface area contributed by atoms with Gasteiger partial charge in [0.1, 0.15) is 0 Å². The van der Waals surface area contributed by atoms with Gasteiger partial charge in [0.2, 0.25) is 5.91 Å². The molecule has 1 unspecified atom stereocenters. The van der Waals surface area contributed by atoms with Gasteiger partial charge in [0.05, 0.1) is 6.04 Å². The number of carbonyl (C=O) groups is 2. The lowest BCUT2D eigenvalue weighted by molar-refractivity contribution is -0.129. The van der Waals surface area contributed by atoms with Crippen molar-refractivity contribution in [3.63, 3.8) is 0 Å². The SMILES string of the molecule is C=C(C)C(NC(=O)NC1CCN(C(C)=O)CC1)c1ccc(F)c(F)c1. The van der Waals surface area contributed by atoms with E-state index in [2.05, 4.69) is 17.2 Å². The molecule has 2 N–H and O–H groups in total. The van der Waals surface area contributed by atoms with E-state index in [9.17, 15) is 18.4 Å². The van der Waals surface area contributed by atoms with Gasteiger partial charge in [-0.1, -0.05) is 18.2 Å². The first kappa shape index (κ1) is 18.9. The van der Waals surface area contributed by atoms with Gasteiger partial charge in [0.25, 0.3) is 0 Å². The summed E-state index contributed by atoms with van der Waals surface area (Å²) in [6.07, 6.45) is 1.35. The van der Waals surface area contributed by atoms with E-state index in [1.807, 2.05) is 0 Å². The van der Waals surface area contributed by atoms with Gasteiger partial charge in [-0.2, -0.15) is 0 Å². The highest BCUT2D eigenvalue weighted by Crippen LogP contribution is 2.22. The first-order valence-electron chi connectivity index (χ1n) is 8.21. The molecule has 136 valence electrons. The van der Waals surface area contributed by atoms with Gasteiger partial charge in [0, 0.05) is 26.1 Å². The lowest BCUT2D eigenvalue weighted by Crippen LogP contribution is -2.49. The van der Waals surface area contributed by atoms with Crippen molar-refractivity contribution in [2.24, 2.45) is 0 Å². The molecule has 3 amide bonds. The second kappa shape index (κ2) is 8.09. The number of urea groups is 1. The first-order chi connectivity index (χ1) is 11.8. The minimum absolute atomic E-state index is 0.0311. The summed E-state index contributed by atoms with van der Waals surface area (Å²) in [7, 11) is 0. The molecule has 1 atom stereocenters. The van der Waals surface area contributed by atoms with E-state index in [0.717, 1.165) is 12.1 Å². The number of nitrogens with one attached hydrogen (secondary N) is 2. The van der Waals surface area contributed by atoms with Crippen LogP contribution in [0.25, 0.3) is 0 Å². The minimum Gasteiger partial charge on any atom is -0.343 e. The maximum Gasteiger partial charge on any atom is 0.315 e. The summed E-state index contributed by atoms with van der Waals surface area (Å²) in [5.74, 6) is -1.88. The van der Waals surface area contributed by atoms with Crippen LogP contribution in [0.5, 0.6) is 0 Å². The number of piperidine rings is 1. The number of benzene rings is 1. The summed E-state index contributed by atoms with van der Waals surface area (Å²) in [5, 5.41) is 5.60. The first-order valence-corrected chi connectivity index (χ1v) is 8.21. The Labute approximate surface area is 146 Å². The molecule has 25 heavy (non-hydrogen) atoms. The highest BCUT2D eigenvalue weighted by Gasteiger charge is 2.23. The molecule has 0 aromatic heterocycles. The van der Waals surface area contributed by atoms with E-state index in [0.29, 0.717) is 37.1 Å². The standard InChI is InChI=1S/C18H23F2N3O2/c1-11(2)17(13-4-5-15(19)16(20)10-13)22-18(25)21-14-6-8-23(9-7-14)12(3)24/h4-5,10,14,17H,1,6-9H2,2-3H3,(H2,21,22,25). The maximum absolute atomic E-state index is 13.4. The smallest absolute Gasteiger partial charge is 0.315 e. The molecule has 0 bridgehead atoms.